The highest BCUT2D eigenvalue weighted by Crippen LogP contribution is 2.25. The van der Waals surface area contributed by atoms with E-state index in [2.05, 4.69) is 20.7 Å². The molecule has 0 saturated carbocycles. The number of hydrogen-bond donors (Lipinski definition) is 1. The lowest BCUT2D eigenvalue weighted by Crippen LogP contribution is -2.33. The molecular weight excluding hydrogens is 349 g/mol. The molecule has 3 nitrogen and oxygen atoms in total. The second-order valence-electron chi connectivity index (χ2n) is 3.57. The third kappa shape index (κ3) is 4.41. The maximum Gasteiger partial charge on any atom is 0.242 e. The Hall–Kier alpha value is 0.190. The SMILES string of the molecule is CC(CCCl)NS(=O)(=O)c1ccc(Br)cc1Cl. The molecule has 1 aromatic carbocycles. The minimum atomic E-state index is -3.59. The van der Waals surface area contributed by atoms with Gasteiger partial charge < -0.3 is 0 Å². The van der Waals surface area contributed by atoms with E-state index in [9.17, 15) is 8.42 Å². The summed E-state index contributed by atoms with van der Waals surface area (Å²) in [7, 11) is -3.59. The van der Waals surface area contributed by atoms with Gasteiger partial charge in [0.15, 0.2) is 0 Å². The van der Waals surface area contributed by atoms with Crippen molar-refractivity contribution in [2.24, 2.45) is 0 Å². The van der Waals surface area contributed by atoms with Gasteiger partial charge in [0.1, 0.15) is 4.90 Å². The number of halogens is 3. The van der Waals surface area contributed by atoms with Crippen molar-refractivity contribution in [3.63, 3.8) is 0 Å². The molecule has 0 aliphatic heterocycles. The van der Waals surface area contributed by atoms with E-state index in [0.29, 0.717) is 12.3 Å². The molecule has 1 rings (SSSR count). The minimum Gasteiger partial charge on any atom is -0.208 e. The smallest absolute Gasteiger partial charge is 0.208 e. The van der Waals surface area contributed by atoms with Gasteiger partial charge in [-0.15, -0.1) is 11.6 Å². The zero-order chi connectivity index (χ0) is 13.1. The van der Waals surface area contributed by atoms with E-state index in [1.165, 1.54) is 6.07 Å². The Morgan fingerprint density at radius 3 is 2.65 bits per heavy atom. The molecule has 0 aliphatic rings. The third-order valence-corrected chi connectivity index (χ3v) is 4.87. The fourth-order valence-electron chi connectivity index (χ4n) is 1.24. The lowest BCUT2D eigenvalue weighted by molar-refractivity contribution is 0.556. The lowest BCUT2D eigenvalue weighted by Gasteiger charge is -2.13. The minimum absolute atomic E-state index is 0.0730. The maximum atomic E-state index is 12.0. The van der Waals surface area contributed by atoms with Crippen LogP contribution in [0.15, 0.2) is 27.6 Å². The Morgan fingerprint density at radius 1 is 1.47 bits per heavy atom. The predicted molar refractivity (Wildman–Crippen MR) is 74.3 cm³/mol. The fraction of sp³-hybridized carbons (Fsp3) is 0.400. The molecule has 0 bridgehead atoms. The van der Waals surface area contributed by atoms with Gasteiger partial charge in [0.25, 0.3) is 0 Å². The van der Waals surface area contributed by atoms with Gasteiger partial charge in [-0.05, 0) is 31.5 Å². The molecule has 0 radical (unpaired) electrons. The van der Waals surface area contributed by atoms with Gasteiger partial charge >= 0.3 is 0 Å². The standard InChI is InChI=1S/C10H12BrCl2NO2S/c1-7(4-5-12)14-17(15,16)10-3-2-8(11)6-9(10)13/h2-3,6-7,14H,4-5H2,1H3. The van der Waals surface area contributed by atoms with E-state index in [4.69, 9.17) is 23.2 Å². The quantitative estimate of drug-likeness (QED) is 0.818. The summed E-state index contributed by atoms with van der Waals surface area (Å²) in [5.41, 5.74) is 0. The van der Waals surface area contributed by atoms with Crippen LogP contribution in [0.4, 0.5) is 0 Å². The molecule has 0 saturated heterocycles. The topological polar surface area (TPSA) is 46.2 Å². The van der Waals surface area contributed by atoms with Crippen molar-refractivity contribution in [1.29, 1.82) is 0 Å². The van der Waals surface area contributed by atoms with Crippen LogP contribution in [0.1, 0.15) is 13.3 Å². The summed E-state index contributed by atoms with van der Waals surface area (Å²) in [6.45, 7) is 1.76. The van der Waals surface area contributed by atoms with Crippen LogP contribution >= 0.6 is 39.1 Å². The first kappa shape index (κ1) is 15.2. The van der Waals surface area contributed by atoms with Crippen molar-refractivity contribution in [1.82, 2.24) is 4.72 Å². The van der Waals surface area contributed by atoms with Crippen molar-refractivity contribution in [3.8, 4) is 0 Å². The number of alkyl halides is 1. The van der Waals surface area contributed by atoms with Crippen LogP contribution in [0.25, 0.3) is 0 Å². The molecule has 1 unspecified atom stereocenters. The van der Waals surface area contributed by atoms with Crippen molar-refractivity contribution < 1.29 is 8.42 Å². The Balaban J connectivity index is 2.97. The van der Waals surface area contributed by atoms with Crippen LogP contribution in [0.5, 0.6) is 0 Å². The Bertz CT molecular complexity index is 493. The molecule has 0 heterocycles. The maximum absolute atomic E-state index is 12.0. The highest BCUT2D eigenvalue weighted by molar-refractivity contribution is 9.10. The van der Waals surface area contributed by atoms with Gasteiger partial charge in [0.05, 0.1) is 5.02 Å². The molecule has 1 atom stereocenters. The monoisotopic (exact) mass is 359 g/mol. The van der Waals surface area contributed by atoms with Gasteiger partial charge in [-0.3, -0.25) is 0 Å². The van der Waals surface area contributed by atoms with Gasteiger partial charge in [0.2, 0.25) is 10.0 Å². The van der Waals surface area contributed by atoms with Crippen molar-refractivity contribution in [3.05, 3.63) is 27.7 Å². The molecule has 0 aliphatic carbocycles. The molecule has 0 aromatic heterocycles. The number of sulfonamides is 1. The average Bonchev–Trinajstić information content (AvgIpc) is 2.15. The summed E-state index contributed by atoms with van der Waals surface area (Å²) in [5, 5.41) is 0.185. The molecule has 96 valence electrons. The number of benzene rings is 1. The predicted octanol–water partition coefficient (Wildman–Crippen LogP) is 3.40. The van der Waals surface area contributed by atoms with Crippen LogP contribution in [-0.4, -0.2) is 20.3 Å². The van der Waals surface area contributed by atoms with Crippen LogP contribution in [-0.2, 0) is 10.0 Å². The van der Waals surface area contributed by atoms with Crippen molar-refractivity contribution in [2.45, 2.75) is 24.3 Å². The molecule has 1 N–H and O–H groups in total. The van der Waals surface area contributed by atoms with E-state index >= 15 is 0 Å². The first-order chi connectivity index (χ1) is 7.86. The van der Waals surface area contributed by atoms with Crippen molar-refractivity contribution >= 4 is 49.2 Å². The molecule has 0 spiro atoms. The number of hydrogen-bond acceptors (Lipinski definition) is 2. The number of nitrogens with one attached hydrogen (secondary N) is 1. The van der Waals surface area contributed by atoms with Gasteiger partial charge in [-0.25, -0.2) is 13.1 Å². The lowest BCUT2D eigenvalue weighted by atomic mass is 10.3. The molecule has 1 aromatic rings. The van der Waals surface area contributed by atoms with Crippen molar-refractivity contribution in [2.75, 3.05) is 5.88 Å². The first-order valence-corrected chi connectivity index (χ1v) is 8.09. The van der Waals surface area contributed by atoms with Gasteiger partial charge in [-0.2, -0.15) is 0 Å². The van der Waals surface area contributed by atoms with Crippen LogP contribution in [0.2, 0.25) is 5.02 Å². The summed E-state index contributed by atoms with van der Waals surface area (Å²) in [6, 6.07) is 4.41. The average molecular weight is 361 g/mol. The zero-order valence-electron chi connectivity index (χ0n) is 9.08. The highest BCUT2D eigenvalue weighted by atomic mass is 79.9. The molecule has 17 heavy (non-hydrogen) atoms. The van der Waals surface area contributed by atoms with Gasteiger partial charge in [0, 0.05) is 16.4 Å². The summed E-state index contributed by atoms with van der Waals surface area (Å²) in [5.74, 6) is 0.401. The third-order valence-electron chi connectivity index (χ3n) is 2.08. The fourth-order valence-corrected chi connectivity index (χ4v) is 3.89. The Labute approximate surface area is 120 Å². The largest absolute Gasteiger partial charge is 0.242 e. The first-order valence-electron chi connectivity index (χ1n) is 4.90. The second kappa shape index (κ2) is 6.38. The molecule has 0 amide bonds. The Morgan fingerprint density at radius 2 is 2.12 bits per heavy atom. The van der Waals surface area contributed by atoms with Crippen LogP contribution in [0, 0.1) is 0 Å². The summed E-state index contributed by atoms with van der Waals surface area (Å²) >= 11 is 14.7. The highest BCUT2D eigenvalue weighted by Gasteiger charge is 2.20. The molecule has 7 heteroatoms. The summed E-state index contributed by atoms with van der Waals surface area (Å²) in [6.07, 6.45) is 0.564. The normalized spacial score (nSPS) is 13.6. The molecular formula is C10H12BrCl2NO2S. The van der Waals surface area contributed by atoms with Crippen LogP contribution in [0.3, 0.4) is 0 Å². The van der Waals surface area contributed by atoms with Gasteiger partial charge in [-0.1, -0.05) is 27.5 Å². The van der Waals surface area contributed by atoms with E-state index in [1.54, 1.807) is 19.1 Å². The zero-order valence-corrected chi connectivity index (χ0v) is 13.0. The molecule has 0 fully saturated rings. The van der Waals surface area contributed by atoms with E-state index in [-0.39, 0.29) is 16.0 Å². The summed E-state index contributed by atoms with van der Waals surface area (Å²) < 4.78 is 27.2. The summed E-state index contributed by atoms with van der Waals surface area (Å²) in [4.78, 5) is 0.0730. The number of rotatable bonds is 5. The second-order valence-corrected chi connectivity index (χ2v) is 6.96. The van der Waals surface area contributed by atoms with E-state index < -0.39 is 10.0 Å². The van der Waals surface area contributed by atoms with Crippen LogP contribution < -0.4 is 4.72 Å². The Kier molecular flexibility index (Phi) is 5.73. The van der Waals surface area contributed by atoms with E-state index in [1.807, 2.05) is 0 Å². The van der Waals surface area contributed by atoms with E-state index in [0.717, 1.165) is 4.47 Å².